The topological polar surface area (TPSA) is 152 Å². The lowest BCUT2D eigenvalue weighted by molar-refractivity contribution is -0.303. The zero-order valence-corrected chi connectivity index (χ0v) is 30.5. The smallest absolute Gasteiger partial charge is 0.394 e. The lowest BCUT2D eigenvalue weighted by atomic mass is 9.97. The van der Waals surface area contributed by atoms with Gasteiger partial charge in [0.2, 0.25) is 0 Å². The van der Waals surface area contributed by atoms with Crippen LogP contribution in [0.5, 0.6) is 0 Å². The Morgan fingerprint density at radius 1 is 0.633 bits per heavy atom. The summed E-state index contributed by atoms with van der Waals surface area (Å²) in [7, 11) is 0. The minimum atomic E-state index is -4.62. The van der Waals surface area contributed by atoms with E-state index in [-0.39, 0.29) is 12.8 Å². The van der Waals surface area contributed by atoms with Gasteiger partial charge in [0, 0.05) is 0 Å². The minimum Gasteiger partial charge on any atom is -0.394 e. The molecule has 0 aromatic carbocycles. The fourth-order valence-corrected chi connectivity index (χ4v) is 6.54. The number of hydrogen-bond acceptors (Lipinski definition) is 9. The molecule has 1 saturated heterocycles. The lowest BCUT2D eigenvalue weighted by Gasteiger charge is -2.40. The summed E-state index contributed by atoms with van der Waals surface area (Å²) in [6, 6.07) is -3.35. The van der Waals surface area contributed by atoms with Gasteiger partial charge in [0.1, 0.15) is 30.5 Å². The van der Waals surface area contributed by atoms with Crippen molar-refractivity contribution in [3.8, 4) is 0 Å². The van der Waals surface area contributed by atoms with Crippen molar-refractivity contribution in [3.05, 3.63) is 0 Å². The van der Waals surface area contributed by atoms with Crippen LogP contribution in [-0.2, 0) is 9.47 Å². The van der Waals surface area contributed by atoms with Crippen LogP contribution in [0.15, 0.2) is 0 Å². The quantitative estimate of drug-likeness (QED) is 0.0403. The second kappa shape index (κ2) is 28.0. The van der Waals surface area contributed by atoms with E-state index in [9.17, 15) is 43.8 Å². The molecule has 9 atom stereocenters. The molecular formula is C37H72F3NO8. The highest BCUT2D eigenvalue weighted by Gasteiger charge is 2.46. The largest absolute Gasteiger partial charge is 0.403 e. The molecule has 9 nitrogen and oxygen atoms in total. The third-order valence-electron chi connectivity index (χ3n) is 9.86. The molecule has 1 fully saturated rings. The number of aliphatic hydroxyl groups excluding tert-OH is 6. The number of rotatable bonds is 31. The van der Waals surface area contributed by atoms with Crippen molar-refractivity contribution in [3.63, 3.8) is 0 Å². The Balaban J connectivity index is 2.71. The summed E-state index contributed by atoms with van der Waals surface area (Å²) in [6.45, 7) is 3.07. The highest BCUT2D eigenvalue weighted by Crippen LogP contribution is 2.27. The van der Waals surface area contributed by atoms with Crippen LogP contribution in [0.25, 0.3) is 0 Å². The molecule has 0 aromatic heterocycles. The predicted octanol–water partition coefficient (Wildman–Crippen LogP) is 6.43. The maximum Gasteiger partial charge on any atom is 0.403 e. The van der Waals surface area contributed by atoms with E-state index in [1.807, 2.05) is 0 Å². The van der Waals surface area contributed by atoms with Crippen molar-refractivity contribution >= 4 is 0 Å². The number of aliphatic hydroxyl groups is 6. The molecule has 1 rings (SSSR count). The maximum atomic E-state index is 14.2. The standard InChI is InChI=1S/C37H72F3NO8/c1-3-5-7-9-11-13-14-15-17-18-20-22-24-29(43)32(44)28(27-48-36-35(47)34(46)33(45)30(26-42)49-36)41-31(37(38,39)40)25-23-21-19-16-12-10-8-6-4-2/h28-36,41-47H,3-27H2,1-2H3/t28-,29+,30?,31-,32-,33?,34?,35?,36?/m0/s1. The van der Waals surface area contributed by atoms with Crippen LogP contribution >= 0.6 is 0 Å². The van der Waals surface area contributed by atoms with Crippen LogP contribution in [0.4, 0.5) is 13.2 Å². The first-order valence-electron chi connectivity index (χ1n) is 19.6. The first kappa shape index (κ1) is 46.5. The van der Waals surface area contributed by atoms with Crippen LogP contribution in [0.3, 0.4) is 0 Å². The van der Waals surface area contributed by atoms with Gasteiger partial charge in [-0.05, 0) is 12.8 Å². The Morgan fingerprint density at radius 2 is 1.06 bits per heavy atom. The Labute approximate surface area is 294 Å². The SMILES string of the molecule is CCCCCCCCCCCCCC[C@@H](O)[C@@H](O)[C@H](COC1OC(CO)C(O)C(O)C1O)N[C@@H](CCCCCCCCCCC)C(F)(F)F. The summed E-state index contributed by atoms with van der Waals surface area (Å²) in [5.41, 5.74) is 0. The van der Waals surface area contributed by atoms with Crippen molar-refractivity contribution in [1.82, 2.24) is 5.32 Å². The van der Waals surface area contributed by atoms with E-state index in [0.29, 0.717) is 19.3 Å². The molecule has 0 aromatic rings. The summed E-state index contributed by atoms with van der Waals surface area (Å²) in [5.74, 6) is 0. The molecule has 0 spiro atoms. The maximum absolute atomic E-state index is 14.2. The van der Waals surface area contributed by atoms with E-state index in [0.717, 1.165) is 57.8 Å². The molecule has 0 amide bonds. The second-order valence-corrected chi connectivity index (χ2v) is 14.3. The third kappa shape index (κ3) is 20.3. The molecule has 49 heavy (non-hydrogen) atoms. The summed E-state index contributed by atoms with van der Waals surface area (Å²) in [6.07, 6.45) is 6.55. The zero-order chi connectivity index (χ0) is 36.5. The first-order valence-corrected chi connectivity index (χ1v) is 19.6. The van der Waals surface area contributed by atoms with E-state index < -0.39 is 74.4 Å². The van der Waals surface area contributed by atoms with Crippen LogP contribution in [0.2, 0.25) is 0 Å². The van der Waals surface area contributed by atoms with E-state index in [1.54, 1.807) is 0 Å². The molecular weight excluding hydrogens is 643 g/mol. The van der Waals surface area contributed by atoms with Gasteiger partial charge in [-0.25, -0.2) is 0 Å². The third-order valence-corrected chi connectivity index (χ3v) is 9.86. The van der Waals surface area contributed by atoms with Crippen LogP contribution < -0.4 is 5.32 Å². The van der Waals surface area contributed by atoms with Gasteiger partial charge in [-0.1, -0.05) is 149 Å². The zero-order valence-electron chi connectivity index (χ0n) is 30.5. The van der Waals surface area contributed by atoms with Crippen LogP contribution in [-0.4, -0.2) is 105 Å². The molecule has 0 aliphatic carbocycles. The number of alkyl halides is 3. The van der Waals surface area contributed by atoms with Crippen molar-refractivity contribution in [2.24, 2.45) is 0 Å². The predicted molar refractivity (Wildman–Crippen MR) is 186 cm³/mol. The number of hydrogen-bond donors (Lipinski definition) is 7. The van der Waals surface area contributed by atoms with Gasteiger partial charge in [0.05, 0.1) is 31.5 Å². The summed E-state index contributed by atoms with van der Waals surface area (Å²) < 4.78 is 53.5. The molecule has 1 aliphatic rings. The molecule has 1 heterocycles. The van der Waals surface area contributed by atoms with E-state index in [2.05, 4.69) is 19.2 Å². The number of unbranched alkanes of at least 4 members (excludes halogenated alkanes) is 19. The van der Waals surface area contributed by atoms with Crippen LogP contribution in [0, 0.1) is 0 Å². The fourth-order valence-electron chi connectivity index (χ4n) is 6.54. The highest BCUT2D eigenvalue weighted by molar-refractivity contribution is 4.91. The van der Waals surface area contributed by atoms with Gasteiger partial charge in [-0.2, -0.15) is 13.2 Å². The number of nitrogens with one attached hydrogen (secondary N) is 1. The molecule has 5 unspecified atom stereocenters. The molecule has 0 saturated carbocycles. The Hall–Kier alpha value is -0.570. The lowest BCUT2D eigenvalue weighted by Crippen LogP contribution is -2.61. The van der Waals surface area contributed by atoms with Gasteiger partial charge in [0.15, 0.2) is 6.29 Å². The normalized spacial score (nSPS) is 24.2. The summed E-state index contributed by atoms with van der Waals surface area (Å²) in [5, 5.41) is 64.4. The van der Waals surface area contributed by atoms with Gasteiger partial charge in [0.25, 0.3) is 0 Å². The average molecular weight is 716 g/mol. The van der Waals surface area contributed by atoms with Crippen molar-refractivity contribution in [2.75, 3.05) is 13.2 Å². The van der Waals surface area contributed by atoms with Crippen molar-refractivity contribution in [2.45, 2.75) is 223 Å². The van der Waals surface area contributed by atoms with Crippen molar-refractivity contribution in [1.29, 1.82) is 0 Å². The van der Waals surface area contributed by atoms with Crippen LogP contribution in [0.1, 0.15) is 162 Å². The van der Waals surface area contributed by atoms with E-state index >= 15 is 0 Å². The fraction of sp³-hybridized carbons (Fsp3) is 1.00. The van der Waals surface area contributed by atoms with E-state index in [1.165, 1.54) is 57.8 Å². The molecule has 7 N–H and O–H groups in total. The Bertz CT molecular complexity index is 766. The highest BCUT2D eigenvalue weighted by atomic mass is 19.4. The summed E-state index contributed by atoms with van der Waals surface area (Å²) in [4.78, 5) is 0. The Kier molecular flexibility index (Phi) is 26.5. The molecule has 0 radical (unpaired) electrons. The van der Waals surface area contributed by atoms with Gasteiger partial charge < -0.3 is 40.1 Å². The first-order chi connectivity index (χ1) is 23.5. The van der Waals surface area contributed by atoms with Gasteiger partial charge in [-0.15, -0.1) is 0 Å². The number of ether oxygens (including phenoxy) is 2. The summed E-state index contributed by atoms with van der Waals surface area (Å²) >= 11 is 0. The van der Waals surface area contributed by atoms with Gasteiger partial charge in [-0.3, -0.25) is 5.32 Å². The molecule has 1 aliphatic heterocycles. The molecule has 0 bridgehead atoms. The monoisotopic (exact) mass is 716 g/mol. The van der Waals surface area contributed by atoms with E-state index in [4.69, 9.17) is 9.47 Å². The number of halogens is 3. The van der Waals surface area contributed by atoms with Gasteiger partial charge >= 0.3 is 6.18 Å². The Morgan fingerprint density at radius 3 is 1.49 bits per heavy atom. The van der Waals surface area contributed by atoms with Crippen molar-refractivity contribution < 1.29 is 53.3 Å². The second-order valence-electron chi connectivity index (χ2n) is 14.3. The molecule has 12 heteroatoms. The molecule has 294 valence electrons. The average Bonchev–Trinajstić information content (AvgIpc) is 3.07. The minimum absolute atomic E-state index is 0.200.